The number of amides is 2. The molecule has 0 bridgehead atoms. The van der Waals surface area contributed by atoms with E-state index in [0.29, 0.717) is 25.1 Å². The highest BCUT2D eigenvalue weighted by Gasteiger charge is 2.26. The van der Waals surface area contributed by atoms with Crippen LogP contribution >= 0.6 is 15.9 Å². The van der Waals surface area contributed by atoms with Gasteiger partial charge in [0.25, 0.3) is 11.8 Å². The van der Waals surface area contributed by atoms with Gasteiger partial charge < -0.3 is 9.80 Å². The van der Waals surface area contributed by atoms with Crippen molar-refractivity contribution in [2.75, 3.05) is 26.2 Å². The van der Waals surface area contributed by atoms with Gasteiger partial charge in [-0.05, 0) is 36.8 Å². The molecule has 0 saturated carbocycles. The summed E-state index contributed by atoms with van der Waals surface area (Å²) in [5.41, 5.74) is 0.0106. The van der Waals surface area contributed by atoms with Gasteiger partial charge in [0, 0.05) is 36.2 Å². The fourth-order valence-electron chi connectivity index (χ4n) is 2.99. The highest BCUT2D eigenvalue weighted by Crippen LogP contribution is 2.19. The molecule has 0 aliphatic carbocycles. The Labute approximate surface area is 162 Å². The van der Waals surface area contributed by atoms with Gasteiger partial charge in [-0.25, -0.2) is 13.2 Å². The van der Waals surface area contributed by atoms with Crippen molar-refractivity contribution in [1.29, 1.82) is 0 Å². The summed E-state index contributed by atoms with van der Waals surface area (Å²) in [7, 11) is 0. The van der Waals surface area contributed by atoms with E-state index in [9.17, 15) is 22.8 Å². The molecule has 0 unspecified atom stereocenters. The molecular weight excluding hydrogens is 425 g/mol. The lowest BCUT2D eigenvalue weighted by atomic mass is 10.1. The Kier molecular flexibility index (Phi) is 5.84. The molecular formula is C19H16BrF3N2O2. The zero-order chi connectivity index (χ0) is 19.6. The molecule has 27 heavy (non-hydrogen) atoms. The summed E-state index contributed by atoms with van der Waals surface area (Å²) in [5.74, 6) is -5.38. The van der Waals surface area contributed by atoms with Gasteiger partial charge in [0.05, 0.1) is 5.56 Å². The summed E-state index contributed by atoms with van der Waals surface area (Å²) in [6, 6.07) is 8.66. The summed E-state index contributed by atoms with van der Waals surface area (Å²) in [6.07, 6.45) is 0.497. The topological polar surface area (TPSA) is 40.6 Å². The molecule has 4 nitrogen and oxygen atoms in total. The minimum atomic E-state index is -1.66. The van der Waals surface area contributed by atoms with Crippen LogP contribution in [-0.2, 0) is 0 Å². The first-order valence-electron chi connectivity index (χ1n) is 8.36. The normalized spacial score (nSPS) is 14.8. The maximum absolute atomic E-state index is 13.9. The Morgan fingerprint density at radius 2 is 1.52 bits per heavy atom. The van der Waals surface area contributed by atoms with Gasteiger partial charge in [0.15, 0.2) is 17.5 Å². The van der Waals surface area contributed by atoms with Gasteiger partial charge >= 0.3 is 0 Å². The zero-order valence-electron chi connectivity index (χ0n) is 14.2. The van der Waals surface area contributed by atoms with Crippen molar-refractivity contribution in [1.82, 2.24) is 9.80 Å². The molecule has 1 fully saturated rings. The van der Waals surface area contributed by atoms with Crippen LogP contribution in [0, 0.1) is 17.5 Å². The van der Waals surface area contributed by atoms with E-state index >= 15 is 0 Å². The molecule has 2 amide bonds. The molecule has 0 radical (unpaired) electrons. The standard InChI is InChI=1S/C19H16BrF3N2O2/c20-13-4-1-3-12(11-13)18(26)24-7-2-8-25(10-9-24)19(27)14-5-6-15(21)17(23)16(14)22/h1,3-6,11H,2,7-10H2. The van der Waals surface area contributed by atoms with Gasteiger partial charge in [-0.3, -0.25) is 9.59 Å². The lowest BCUT2D eigenvalue weighted by Crippen LogP contribution is -2.37. The summed E-state index contributed by atoms with van der Waals surface area (Å²) in [5, 5.41) is 0. The molecule has 1 saturated heterocycles. The van der Waals surface area contributed by atoms with Crippen molar-refractivity contribution in [3.05, 3.63) is 69.4 Å². The van der Waals surface area contributed by atoms with E-state index in [4.69, 9.17) is 0 Å². The number of carbonyl (C=O) groups is 2. The summed E-state index contributed by atoms with van der Waals surface area (Å²) < 4.78 is 41.2. The second-order valence-corrected chi connectivity index (χ2v) is 7.09. The number of hydrogen-bond acceptors (Lipinski definition) is 2. The Bertz CT molecular complexity index is 891. The summed E-state index contributed by atoms with van der Waals surface area (Å²) >= 11 is 3.33. The van der Waals surface area contributed by atoms with Crippen molar-refractivity contribution in [2.24, 2.45) is 0 Å². The summed E-state index contributed by atoms with van der Waals surface area (Å²) in [4.78, 5) is 28.1. The van der Waals surface area contributed by atoms with Crippen LogP contribution in [0.1, 0.15) is 27.1 Å². The molecule has 2 aromatic carbocycles. The van der Waals surface area contributed by atoms with E-state index < -0.39 is 28.9 Å². The largest absolute Gasteiger partial charge is 0.337 e. The van der Waals surface area contributed by atoms with Gasteiger partial charge in [-0.2, -0.15) is 0 Å². The second-order valence-electron chi connectivity index (χ2n) is 6.17. The number of benzene rings is 2. The van der Waals surface area contributed by atoms with Crippen LogP contribution in [0.25, 0.3) is 0 Å². The Morgan fingerprint density at radius 1 is 0.852 bits per heavy atom. The SMILES string of the molecule is O=C(c1cccc(Br)c1)N1CCCN(C(=O)c2ccc(F)c(F)c2F)CC1. The average molecular weight is 441 g/mol. The molecule has 2 aromatic rings. The lowest BCUT2D eigenvalue weighted by molar-refractivity contribution is 0.0715. The van der Waals surface area contributed by atoms with Crippen LogP contribution < -0.4 is 0 Å². The number of rotatable bonds is 2. The molecule has 0 N–H and O–H groups in total. The van der Waals surface area contributed by atoms with E-state index in [1.165, 1.54) is 4.90 Å². The Morgan fingerprint density at radius 3 is 2.19 bits per heavy atom. The maximum atomic E-state index is 13.9. The molecule has 1 aliphatic heterocycles. The van der Waals surface area contributed by atoms with E-state index in [0.717, 1.165) is 16.6 Å². The van der Waals surface area contributed by atoms with Crippen LogP contribution in [0.3, 0.4) is 0 Å². The highest BCUT2D eigenvalue weighted by molar-refractivity contribution is 9.10. The third-order valence-corrected chi connectivity index (χ3v) is 4.90. The lowest BCUT2D eigenvalue weighted by Gasteiger charge is -2.22. The van der Waals surface area contributed by atoms with Crippen molar-refractivity contribution in [2.45, 2.75) is 6.42 Å². The van der Waals surface area contributed by atoms with E-state index in [-0.39, 0.29) is 19.0 Å². The van der Waals surface area contributed by atoms with Crippen molar-refractivity contribution < 1.29 is 22.8 Å². The Hall–Kier alpha value is -2.35. The number of carbonyl (C=O) groups excluding carboxylic acids is 2. The van der Waals surface area contributed by atoms with Crippen LogP contribution in [0.5, 0.6) is 0 Å². The average Bonchev–Trinajstić information content (AvgIpc) is 2.91. The predicted octanol–water partition coefficient (Wildman–Crippen LogP) is 3.85. The monoisotopic (exact) mass is 440 g/mol. The molecule has 142 valence electrons. The van der Waals surface area contributed by atoms with E-state index in [1.807, 2.05) is 6.07 Å². The van der Waals surface area contributed by atoms with Crippen molar-refractivity contribution >= 4 is 27.7 Å². The third-order valence-electron chi connectivity index (χ3n) is 4.41. The minimum absolute atomic E-state index is 0.162. The molecule has 0 spiro atoms. The Balaban J connectivity index is 1.72. The summed E-state index contributed by atoms with van der Waals surface area (Å²) in [6.45, 7) is 1.17. The van der Waals surface area contributed by atoms with Crippen LogP contribution in [0.2, 0.25) is 0 Å². The smallest absolute Gasteiger partial charge is 0.257 e. The quantitative estimate of drug-likeness (QED) is 0.665. The molecule has 3 rings (SSSR count). The van der Waals surface area contributed by atoms with Gasteiger partial charge in [-0.15, -0.1) is 0 Å². The maximum Gasteiger partial charge on any atom is 0.257 e. The van der Waals surface area contributed by atoms with E-state index in [1.54, 1.807) is 23.1 Å². The first-order valence-corrected chi connectivity index (χ1v) is 9.15. The number of halogens is 4. The minimum Gasteiger partial charge on any atom is -0.337 e. The second kappa shape index (κ2) is 8.12. The molecule has 8 heteroatoms. The van der Waals surface area contributed by atoms with Crippen LogP contribution in [-0.4, -0.2) is 47.8 Å². The van der Waals surface area contributed by atoms with Gasteiger partial charge in [0.1, 0.15) is 0 Å². The predicted molar refractivity (Wildman–Crippen MR) is 96.9 cm³/mol. The number of nitrogens with zero attached hydrogens (tertiary/aromatic N) is 2. The molecule has 0 atom stereocenters. The first-order chi connectivity index (χ1) is 12.9. The molecule has 1 heterocycles. The third kappa shape index (κ3) is 4.16. The van der Waals surface area contributed by atoms with Crippen LogP contribution in [0.4, 0.5) is 13.2 Å². The fourth-order valence-corrected chi connectivity index (χ4v) is 3.39. The highest BCUT2D eigenvalue weighted by atomic mass is 79.9. The van der Waals surface area contributed by atoms with Gasteiger partial charge in [0.2, 0.25) is 0 Å². The van der Waals surface area contributed by atoms with Gasteiger partial charge in [-0.1, -0.05) is 22.0 Å². The van der Waals surface area contributed by atoms with Crippen LogP contribution in [0.15, 0.2) is 40.9 Å². The zero-order valence-corrected chi connectivity index (χ0v) is 15.8. The first kappa shape index (κ1) is 19.4. The fraction of sp³-hybridized carbons (Fsp3) is 0.263. The molecule has 1 aliphatic rings. The van der Waals surface area contributed by atoms with Crippen molar-refractivity contribution in [3.8, 4) is 0 Å². The molecule has 0 aromatic heterocycles. The van der Waals surface area contributed by atoms with E-state index in [2.05, 4.69) is 15.9 Å². The number of hydrogen-bond donors (Lipinski definition) is 0. The van der Waals surface area contributed by atoms with Crippen molar-refractivity contribution in [3.63, 3.8) is 0 Å².